The van der Waals surface area contributed by atoms with Crippen molar-refractivity contribution in [3.63, 3.8) is 0 Å². The van der Waals surface area contributed by atoms with E-state index in [4.69, 9.17) is 39.0 Å². The molecule has 1 aromatic carbocycles. The van der Waals surface area contributed by atoms with E-state index in [-0.39, 0.29) is 41.9 Å². The third kappa shape index (κ3) is 16.2. The largest absolute Gasteiger partial charge is 0.394 e. The van der Waals surface area contributed by atoms with Gasteiger partial charge < -0.3 is 73.6 Å². The van der Waals surface area contributed by atoms with Gasteiger partial charge in [0.15, 0.2) is 5.69 Å². The lowest BCUT2D eigenvalue weighted by atomic mass is 10.0. The zero-order valence-electron chi connectivity index (χ0n) is 31.0. The number of aromatic nitrogens is 2. The minimum Gasteiger partial charge on any atom is -0.394 e. The highest BCUT2D eigenvalue weighted by Crippen LogP contribution is 2.14. The summed E-state index contributed by atoms with van der Waals surface area (Å²) in [6, 6.07) is 7.18. The molecule has 0 aliphatic heterocycles. The van der Waals surface area contributed by atoms with E-state index in [0.29, 0.717) is 25.8 Å². The van der Waals surface area contributed by atoms with Crippen molar-refractivity contribution in [2.75, 3.05) is 45.9 Å². The standard InChI is InChI=1S/C35H57ClN8O12/c36-26-14-42-27(28(43-26)35(39)56)33(37)41-11-2-1-4-19-5-7-20(8-6-19)9-10-21(34(38)55)40-12-3-13-44(15-22(47)29(51)31(53)24(49)17-45)16-23(48)30(52)32(54)25(50)18-46/h5-8,14,21-25,29-32,40,45-54H,1-4,9-13,15-18H2,(H2,37,41)(H2,38,55)(H2,39,56). The molecule has 1 heterocycles. The Labute approximate surface area is 329 Å². The number of carbonyl (C=O) groups excluding carboxylic acids is 2. The van der Waals surface area contributed by atoms with Crippen LogP contribution in [0.3, 0.4) is 0 Å². The van der Waals surface area contributed by atoms with Crippen molar-refractivity contribution in [1.29, 1.82) is 0 Å². The molecule has 0 spiro atoms. The molecule has 0 aliphatic rings. The van der Waals surface area contributed by atoms with E-state index in [1.165, 1.54) is 11.1 Å². The monoisotopic (exact) mass is 816 g/mol. The Morgan fingerprint density at radius 2 is 1.27 bits per heavy atom. The molecule has 0 bridgehead atoms. The van der Waals surface area contributed by atoms with Crippen LogP contribution in [0.25, 0.3) is 0 Å². The lowest BCUT2D eigenvalue weighted by Gasteiger charge is -2.33. The van der Waals surface area contributed by atoms with Crippen molar-refractivity contribution in [3.8, 4) is 0 Å². The Morgan fingerprint density at radius 1 is 0.750 bits per heavy atom. The molecule has 2 aromatic rings. The second kappa shape index (κ2) is 25.0. The minimum absolute atomic E-state index is 0.00793. The molecule has 0 radical (unpaired) electrons. The quantitative estimate of drug-likeness (QED) is 0.0217. The van der Waals surface area contributed by atoms with E-state index in [1.807, 2.05) is 24.3 Å². The van der Waals surface area contributed by atoms with E-state index in [0.717, 1.165) is 24.0 Å². The van der Waals surface area contributed by atoms with E-state index >= 15 is 0 Å². The molecular weight excluding hydrogens is 760 g/mol. The summed E-state index contributed by atoms with van der Waals surface area (Å²) >= 11 is 5.79. The molecule has 9 unspecified atom stereocenters. The van der Waals surface area contributed by atoms with Crippen LogP contribution in [0, 0.1) is 0 Å². The molecule has 20 nitrogen and oxygen atoms in total. The molecule has 1 aromatic heterocycles. The van der Waals surface area contributed by atoms with Crippen LogP contribution in [0.15, 0.2) is 35.5 Å². The number of aliphatic hydroxyl groups excluding tert-OH is 10. The Bertz CT molecular complexity index is 1480. The molecule has 0 fully saturated rings. The minimum atomic E-state index is -1.91. The Hall–Kier alpha value is -3.48. The molecule has 17 N–H and O–H groups in total. The van der Waals surface area contributed by atoms with Gasteiger partial charge in [-0.25, -0.2) is 9.97 Å². The van der Waals surface area contributed by atoms with Gasteiger partial charge in [-0.15, -0.1) is 0 Å². The summed E-state index contributed by atoms with van der Waals surface area (Å²) in [5.74, 6) is -1.37. The number of aliphatic imine (C=N–C) groups is 1. The number of hydrogen-bond acceptors (Lipinski definition) is 17. The number of benzene rings is 1. The first-order chi connectivity index (χ1) is 26.5. The molecule has 316 valence electrons. The van der Waals surface area contributed by atoms with Crippen LogP contribution in [-0.4, -0.2) is 184 Å². The van der Waals surface area contributed by atoms with Crippen molar-refractivity contribution in [2.45, 2.75) is 93.4 Å². The SMILES string of the molecule is NC(=O)c1nc(Cl)cnc1C(N)=NCCCCc1ccc(CCC(NCCCN(CC(O)C(O)C(O)C(O)CO)CC(O)C(O)C(O)C(O)CO)C(N)=O)cc1. The van der Waals surface area contributed by atoms with Gasteiger partial charge in [0.05, 0.1) is 37.7 Å². The fraction of sp³-hybridized carbons (Fsp3) is 0.629. The Balaban J connectivity index is 1.89. The summed E-state index contributed by atoms with van der Waals surface area (Å²) < 4.78 is 0. The number of hydrogen-bond donors (Lipinski definition) is 14. The molecule has 21 heteroatoms. The summed E-state index contributed by atoms with van der Waals surface area (Å²) in [6.07, 6.45) is -9.78. The fourth-order valence-corrected chi connectivity index (χ4v) is 5.81. The third-order valence-corrected chi connectivity index (χ3v) is 9.23. The van der Waals surface area contributed by atoms with Crippen LogP contribution < -0.4 is 22.5 Å². The van der Waals surface area contributed by atoms with Gasteiger partial charge in [0.1, 0.15) is 53.3 Å². The van der Waals surface area contributed by atoms with Crippen molar-refractivity contribution in [1.82, 2.24) is 20.2 Å². The highest BCUT2D eigenvalue weighted by Gasteiger charge is 2.34. The molecular formula is C35H57ClN8O12. The highest BCUT2D eigenvalue weighted by molar-refractivity contribution is 6.29. The zero-order chi connectivity index (χ0) is 41.9. The van der Waals surface area contributed by atoms with Crippen LogP contribution in [0.2, 0.25) is 5.15 Å². The van der Waals surface area contributed by atoms with Crippen LogP contribution in [0.4, 0.5) is 0 Å². The van der Waals surface area contributed by atoms with Crippen molar-refractivity contribution < 1.29 is 60.7 Å². The first-order valence-electron chi connectivity index (χ1n) is 18.1. The second-order valence-electron chi connectivity index (χ2n) is 13.5. The van der Waals surface area contributed by atoms with E-state index in [1.54, 1.807) is 0 Å². The number of nitrogens with two attached hydrogens (primary N) is 3. The summed E-state index contributed by atoms with van der Waals surface area (Å²) in [4.78, 5) is 37.4. The van der Waals surface area contributed by atoms with E-state index in [2.05, 4.69) is 20.3 Å². The van der Waals surface area contributed by atoms with Crippen LogP contribution >= 0.6 is 11.6 Å². The smallest absolute Gasteiger partial charge is 0.269 e. The maximum Gasteiger partial charge on any atom is 0.269 e. The van der Waals surface area contributed by atoms with Gasteiger partial charge in [0.25, 0.3) is 5.91 Å². The van der Waals surface area contributed by atoms with Crippen LogP contribution in [-0.2, 0) is 17.6 Å². The summed E-state index contributed by atoms with van der Waals surface area (Å²) in [5, 5.41) is 102. The predicted octanol–water partition coefficient (Wildman–Crippen LogP) is -5.10. The number of primary amides is 2. The average Bonchev–Trinajstić information content (AvgIpc) is 3.18. The number of amidine groups is 1. The van der Waals surface area contributed by atoms with Crippen molar-refractivity contribution in [3.05, 3.63) is 58.1 Å². The van der Waals surface area contributed by atoms with Gasteiger partial charge in [-0.05, 0) is 62.7 Å². The number of halogens is 1. The summed E-state index contributed by atoms with van der Waals surface area (Å²) in [5.41, 5.74) is 18.9. The number of nitrogens with one attached hydrogen (secondary N) is 1. The maximum atomic E-state index is 12.2. The molecule has 0 aliphatic carbocycles. The first-order valence-corrected chi connectivity index (χ1v) is 18.5. The first kappa shape index (κ1) is 48.7. The van der Waals surface area contributed by atoms with E-state index < -0.39 is 93.0 Å². The molecule has 9 atom stereocenters. The molecule has 2 rings (SSSR count). The Kier molecular flexibility index (Phi) is 21.7. The average molecular weight is 817 g/mol. The molecule has 0 saturated heterocycles. The van der Waals surface area contributed by atoms with E-state index in [9.17, 15) is 50.4 Å². The topological polar surface area (TPSA) is 368 Å². The lowest BCUT2D eigenvalue weighted by Crippen LogP contribution is -2.53. The summed E-state index contributed by atoms with van der Waals surface area (Å²) in [6.45, 7) is -1.88. The predicted molar refractivity (Wildman–Crippen MR) is 203 cm³/mol. The normalized spacial score (nSPS) is 17.1. The number of carbonyl (C=O) groups is 2. The van der Waals surface area contributed by atoms with Crippen molar-refractivity contribution >= 4 is 29.3 Å². The molecule has 2 amide bonds. The molecule has 56 heavy (non-hydrogen) atoms. The molecule has 0 saturated carbocycles. The van der Waals surface area contributed by atoms with Crippen molar-refractivity contribution in [2.24, 2.45) is 22.2 Å². The number of unbranched alkanes of at least 4 members (excludes halogenated alkanes) is 1. The summed E-state index contributed by atoms with van der Waals surface area (Å²) in [7, 11) is 0. The van der Waals surface area contributed by atoms with Gasteiger partial charge >= 0.3 is 0 Å². The number of amides is 2. The van der Waals surface area contributed by atoms with Crippen LogP contribution in [0.5, 0.6) is 0 Å². The fourth-order valence-electron chi connectivity index (χ4n) is 5.68. The zero-order valence-corrected chi connectivity index (χ0v) is 31.7. The van der Waals surface area contributed by atoms with Gasteiger partial charge in [-0.3, -0.25) is 19.5 Å². The highest BCUT2D eigenvalue weighted by atomic mass is 35.5. The number of aryl methyl sites for hydroxylation is 2. The number of aliphatic hydroxyl groups is 10. The number of nitrogens with zero attached hydrogens (tertiary/aromatic N) is 4. The van der Waals surface area contributed by atoms with Gasteiger partial charge in [0.2, 0.25) is 5.91 Å². The second-order valence-corrected chi connectivity index (χ2v) is 13.8. The Morgan fingerprint density at radius 3 is 1.77 bits per heavy atom. The number of rotatable bonds is 28. The third-order valence-electron chi connectivity index (χ3n) is 9.05. The van der Waals surface area contributed by atoms with Gasteiger partial charge in [-0.1, -0.05) is 35.9 Å². The van der Waals surface area contributed by atoms with Crippen LogP contribution in [0.1, 0.15) is 53.0 Å². The lowest BCUT2D eigenvalue weighted by molar-refractivity contribution is -0.130. The van der Waals surface area contributed by atoms with Gasteiger partial charge in [-0.2, -0.15) is 0 Å². The maximum absolute atomic E-state index is 12.2. The van der Waals surface area contributed by atoms with Gasteiger partial charge in [0, 0.05) is 19.6 Å².